The van der Waals surface area contributed by atoms with E-state index in [4.69, 9.17) is 4.74 Å². The molecular weight excluding hydrogens is 362 g/mol. The maximum Gasteiger partial charge on any atom is 0.262 e. The number of anilines is 2. The summed E-state index contributed by atoms with van der Waals surface area (Å²) in [6.45, 7) is 3.86. The number of ether oxygens (including phenoxy) is 1. The summed E-state index contributed by atoms with van der Waals surface area (Å²) < 4.78 is 6.40. The van der Waals surface area contributed by atoms with Crippen molar-refractivity contribution in [1.82, 2.24) is 4.98 Å². The molecule has 3 rings (SSSR count). The molecule has 6 nitrogen and oxygen atoms in total. The SMILES string of the molecule is CCCC(=O)Nc1nc2ccc(NC(=O)COc3cccc(C)c3)cc2s1. The van der Waals surface area contributed by atoms with Crippen molar-refractivity contribution in [1.29, 1.82) is 0 Å². The first-order valence-electron chi connectivity index (χ1n) is 8.73. The van der Waals surface area contributed by atoms with Crippen LogP contribution in [0.4, 0.5) is 10.8 Å². The quantitative estimate of drug-likeness (QED) is 0.635. The van der Waals surface area contributed by atoms with Gasteiger partial charge in [0.25, 0.3) is 5.91 Å². The van der Waals surface area contributed by atoms with Crippen molar-refractivity contribution in [3.05, 3.63) is 48.0 Å². The van der Waals surface area contributed by atoms with Gasteiger partial charge in [0.2, 0.25) is 5.91 Å². The van der Waals surface area contributed by atoms with Crippen molar-refractivity contribution in [3.8, 4) is 5.75 Å². The Balaban J connectivity index is 1.61. The summed E-state index contributed by atoms with van der Waals surface area (Å²) in [5, 5.41) is 6.18. The lowest BCUT2D eigenvalue weighted by molar-refractivity contribution is -0.118. The van der Waals surface area contributed by atoms with E-state index in [0.717, 1.165) is 22.2 Å². The molecular formula is C20H21N3O3S. The lowest BCUT2D eigenvalue weighted by Gasteiger charge is -2.08. The van der Waals surface area contributed by atoms with Gasteiger partial charge in [-0.15, -0.1) is 0 Å². The highest BCUT2D eigenvalue weighted by Crippen LogP contribution is 2.28. The average Bonchev–Trinajstić information content (AvgIpc) is 3.01. The molecule has 140 valence electrons. The lowest BCUT2D eigenvalue weighted by atomic mass is 10.2. The van der Waals surface area contributed by atoms with Gasteiger partial charge in [-0.2, -0.15) is 0 Å². The van der Waals surface area contributed by atoms with E-state index >= 15 is 0 Å². The Labute approximate surface area is 161 Å². The number of nitrogens with one attached hydrogen (secondary N) is 2. The zero-order valence-corrected chi connectivity index (χ0v) is 16.1. The number of amides is 2. The molecule has 2 aromatic carbocycles. The number of benzene rings is 2. The van der Waals surface area contributed by atoms with Crippen LogP contribution in [0, 0.1) is 6.92 Å². The monoisotopic (exact) mass is 383 g/mol. The van der Waals surface area contributed by atoms with E-state index < -0.39 is 0 Å². The van der Waals surface area contributed by atoms with Gasteiger partial charge >= 0.3 is 0 Å². The number of nitrogens with zero attached hydrogens (tertiary/aromatic N) is 1. The largest absolute Gasteiger partial charge is 0.484 e. The third-order valence-corrected chi connectivity index (χ3v) is 4.69. The van der Waals surface area contributed by atoms with Gasteiger partial charge in [-0.1, -0.05) is 30.4 Å². The molecule has 0 aliphatic rings. The number of aryl methyl sites for hydroxylation is 1. The highest BCUT2D eigenvalue weighted by atomic mass is 32.1. The minimum Gasteiger partial charge on any atom is -0.484 e. The number of carbonyl (C=O) groups excluding carboxylic acids is 2. The molecule has 27 heavy (non-hydrogen) atoms. The molecule has 0 radical (unpaired) electrons. The molecule has 0 fully saturated rings. The third kappa shape index (κ3) is 5.27. The molecule has 1 aromatic heterocycles. The number of fused-ring (bicyclic) bond motifs is 1. The molecule has 0 aliphatic carbocycles. The van der Waals surface area contributed by atoms with Crippen molar-refractivity contribution in [2.45, 2.75) is 26.7 Å². The summed E-state index contributed by atoms with van der Waals surface area (Å²) in [5.74, 6) is 0.380. The number of aromatic nitrogens is 1. The first-order chi connectivity index (χ1) is 13.0. The van der Waals surface area contributed by atoms with Gasteiger partial charge in [0.15, 0.2) is 11.7 Å². The van der Waals surface area contributed by atoms with Gasteiger partial charge in [0.1, 0.15) is 5.75 Å². The van der Waals surface area contributed by atoms with E-state index in [0.29, 0.717) is 23.0 Å². The molecule has 3 aromatic rings. The molecule has 7 heteroatoms. The van der Waals surface area contributed by atoms with E-state index in [2.05, 4.69) is 15.6 Å². The minimum atomic E-state index is -0.239. The molecule has 2 N–H and O–H groups in total. The highest BCUT2D eigenvalue weighted by molar-refractivity contribution is 7.22. The van der Waals surface area contributed by atoms with Crippen LogP contribution in [0.25, 0.3) is 10.2 Å². The fourth-order valence-corrected chi connectivity index (χ4v) is 3.44. The van der Waals surface area contributed by atoms with Crippen LogP contribution >= 0.6 is 11.3 Å². The predicted molar refractivity (Wildman–Crippen MR) is 108 cm³/mol. The average molecular weight is 383 g/mol. The number of thiazole rings is 1. The van der Waals surface area contributed by atoms with Crippen molar-refractivity contribution < 1.29 is 14.3 Å². The summed E-state index contributed by atoms with van der Waals surface area (Å²) in [6.07, 6.45) is 1.26. The minimum absolute atomic E-state index is 0.0432. The van der Waals surface area contributed by atoms with E-state index in [1.165, 1.54) is 11.3 Å². The Kier molecular flexibility index (Phi) is 6.03. The molecule has 2 amide bonds. The van der Waals surface area contributed by atoms with Gasteiger partial charge in [0.05, 0.1) is 10.2 Å². The van der Waals surface area contributed by atoms with Crippen LogP contribution in [0.15, 0.2) is 42.5 Å². The summed E-state index contributed by atoms with van der Waals surface area (Å²) in [6, 6.07) is 13.0. The molecule has 0 atom stereocenters. The van der Waals surface area contributed by atoms with E-state index in [9.17, 15) is 9.59 Å². The Morgan fingerprint density at radius 3 is 2.74 bits per heavy atom. The van der Waals surface area contributed by atoms with Crippen LogP contribution < -0.4 is 15.4 Å². The second-order valence-electron chi connectivity index (χ2n) is 6.15. The van der Waals surface area contributed by atoms with Crippen molar-refractivity contribution >= 4 is 44.2 Å². The van der Waals surface area contributed by atoms with Gasteiger partial charge in [0, 0.05) is 12.1 Å². The fourth-order valence-electron chi connectivity index (χ4n) is 2.52. The molecule has 0 bridgehead atoms. The lowest BCUT2D eigenvalue weighted by Crippen LogP contribution is -2.20. The Hall–Kier alpha value is -2.93. The Morgan fingerprint density at radius 1 is 1.11 bits per heavy atom. The Bertz CT molecular complexity index is 968. The van der Waals surface area contributed by atoms with Crippen molar-refractivity contribution in [2.24, 2.45) is 0 Å². The maximum atomic E-state index is 12.1. The molecule has 0 spiro atoms. The van der Waals surface area contributed by atoms with Crippen LogP contribution in [-0.4, -0.2) is 23.4 Å². The summed E-state index contributed by atoms with van der Waals surface area (Å²) >= 11 is 1.38. The zero-order valence-electron chi connectivity index (χ0n) is 15.2. The molecule has 1 heterocycles. The second kappa shape index (κ2) is 8.64. The molecule has 0 saturated carbocycles. The Morgan fingerprint density at radius 2 is 1.96 bits per heavy atom. The maximum absolute atomic E-state index is 12.1. The highest BCUT2D eigenvalue weighted by Gasteiger charge is 2.09. The first-order valence-corrected chi connectivity index (χ1v) is 9.55. The van der Waals surface area contributed by atoms with Crippen LogP contribution in [0.1, 0.15) is 25.3 Å². The first kappa shape index (κ1) is 18.8. The van der Waals surface area contributed by atoms with Gasteiger partial charge in [-0.3, -0.25) is 9.59 Å². The third-order valence-electron chi connectivity index (χ3n) is 3.76. The number of carbonyl (C=O) groups is 2. The summed E-state index contributed by atoms with van der Waals surface area (Å²) in [5.41, 5.74) is 2.52. The topological polar surface area (TPSA) is 80.3 Å². The van der Waals surface area contributed by atoms with E-state index in [1.54, 1.807) is 6.07 Å². The van der Waals surface area contributed by atoms with Crippen molar-refractivity contribution in [3.63, 3.8) is 0 Å². The fraction of sp³-hybridized carbons (Fsp3) is 0.250. The van der Waals surface area contributed by atoms with Gasteiger partial charge in [-0.05, 0) is 49.2 Å². The second-order valence-corrected chi connectivity index (χ2v) is 7.18. The van der Waals surface area contributed by atoms with Crippen LogP contribution in [-0.2, 0) is 9.59 Å². The normalized spacial score (nSPS) is 10.6. The van der Waals surface area contributed by atoms with Crippen LogP contribution in [0.2, 0.25) is 0 Å². The standard InChI is InChI=1S/C20H21N3O3S/c1-3-5-18(24)23-20-22-16-9-8-14(11-17(16)27-20)21-19(25)12-26-15-7-4-6-13(2)10-15/h4,6-11H,3,5,12H2,1-2H3,(H,21,25)(H,22,23,24). The van der Waals surface area contributed by atoms with Crippen LogP contribution in [0.5, 0.6) is 5.75 Å². The van der Waals surface area contributed by atoms with Gasteiger partial charge in [-0.25, -0.2) is 4.98 Å². The van der Waals surface area contributed by atoms with Crippen molar-refractivity contribution in [2.75, 3.05) is 17.2 Å². The van der Waals surface area contributed by atoms with Gasteiger partial charge < -0.3 is 15.4 Å². The smallest absolute Gasteiger partial charge is 0.262 e. The number of rotatable bonds is 7. The molecule has 0 saturated heterocycles. The number of hydrogen-bond acceptors (Lipinski definition) is 5. The summed E-state index contributed by atoms with van der Waals surface area (Å²) in [4.78, 5) is 28.2. The van der Waals surface area contributed by atoms with Crippen LogP contribution in [0.3, 0.4) is 0 Å². The molecule has 0 aliphatic heterocycles. The summed E-state index contributed by atoms with van der Waals surface area (Å²) in [7, 11) is 0. The van der Waals surface area contributed by atoms with E-state index in [-0.39, 0.29) is 18.4 Å². The zero-order chi connectivity index (χ0) is 19.2. The predicted octanol–water partition coefficient (Wildman–Crippen LogP) is 4.36. The number of hydrogen-bond donors (Lipinski definition) is 2. The molecule has 0 unspecified atom stereocenters. The van der Waals surface area contributed by atoms with E-state index in [1.807, 2.05) is 50.2 Å².